The summed E-state index contributed by atoms with van der Waals surface area (Å²) in [4.78, 5) is 10.3. The first-order chi connectivity index (χ1) is 8.47. The number of carboxylic acids is 1. The van der Waals surface area contributed by atoms with Gasteiger partial charge in [-0.05, 0) is 43.5 Å². The van der Waals surface area contributed by atoms with E-state index in [1.807, 2.05) is 26.8 Å². The van der Waals surface area contributed by atoms with Crippen LogP contribution in [0.5, 0.6) is 5.75 Å². The van der Waals surface area contributed by atoms with Crippen LogP contribution in [0.3, 0.4) is 0 Å². The lowest BCUT2D eigenvalue weighted by atomic mass is 10.0. The second-order valence-electron chi connectivity index (χ2n) is 4.15. The van der Waals surface area contributed by atoms with Gasteiger partial charge in [-0.25, -0.2) is 4.79 Å². The Morgan fingerprint density at radius 2 is 2.06 bits per heavy atom. The van der Waals surface area contributed by atoms with Gasteiger partial charge in [0.1, 0.15) is 5.75 Å². The highest BCUT2D eigenvalue weighted by Crippen LogP contribution is 2.31. The monoisotopic (exact) mass is 249 g/mol. The molecule has 0 saturated heterocycles. The van der Waals surface area contributed by atoms with Crippen LogP contribution in [0.4, 0.5) is 5.69 Å². The van der Waals surface area contributed by atoms with Crippen molar-refractivity contribution in [2.24, 2.45) is 0 Å². The largest absolute Gasteiger partial charge is 0.496 e. The highest BCUT2D eigenvalue weighted by atomic mass is 16.5. The molecule has 0 unspecified atom stereocenters. The molecule has 98 valence electrons. The molecular formula is C14H19NO3. The van der Waals surface area contributed by atoms with Crippen molar-refractivity contribution in [1.82, 2.24) is 0 Å². The summed E-state index contributed by atoms with van der Waals surface area (Å²) < 4.78 is 5.35. The third kappa shape index (κ3) is 3.26. The number of hydrogen-bond donors (Lipinski definition) is 2. The molecule has 0 saturated carbocycles. The summed E-state index contributed by atoms with van der Waals surface area (Å²) in [6.45, 7) is 6.50. The minimum absolute atomic E-state index is 0.484. The summed E-state index contributed by atoms with van der Waals surface area (Å²) in [7, 11) is 1.66. The van der Waals surface area contributed by atoms with Crippen LogP contribution in [-0.2, 0) is 4.79 Å². The van der Waals surface area contributed by atoms with Crippen LogP contribution in [0.2, 0.25) is 0 Å². The van der Waals surface area contributed by atoms with Crippen LogP contribution < -0.4 is 10.1 Å². The minimum atomic E-state index is -0.935. The smallest absolute Gasteiger partial charge is 0.328 e. The lowest BCUT2D eigenvalue weighted by molar-refractivity contribution is -0.131. The van der Waals surface area contributed by atoms with Gasteiger partial charge >= 0.3 is 5.97 Å². The second-order valence-corrected chi connectivity index (χ2v) is 4.15. The zero-order valence-corrected chi connectivity index (χ0v) is 11.2. The number of nitrogens with one attached hydrogen (secondary N) is 1. The van der Waals surface area contributed by atoms with Crippen molar-refractivity contribution < 1.29 is 14.6 Å². The fourth-order valence-corrected chi connectivity index (χ4v) is 1.88. The summed E-state index contributed by atoms with van der Waals surface area (Å²) in [5.41, 5.74) is 4.27. The van der Waals surface area contributed by atoms with Gasteiger partial charge in [0.2, 0.25) is 0 Å². The number of ether oxygens (including phenoxy) is 1. The van der Waals surface area contributed by atoms with Crippen molar-refractivity contribution in [3.8, 4) is 5.75 Å². The van der Waals surface area contributed by atoms with E-state index in [1.54, 1.807) is 13.2 Å². The molecule has 0 amide bonds. The van der Waals surface area contributed by atoms with Crippen LogP contribution >= 0.6 is 0 Å². The van der Waals surface area contributed by atoms with Crippen LogP contribution in [-0.4, -0.2) is 24.7 Å². The van der Waals surface area contributed by atoms with Gasteiger partial charge in [0.05, 0.1) is 7.11 Å². The summed E-state index contributed by atoms with van der Waals surface area (Å²) in [6.07, 6.45) is 2.71. The molecule has 0 atom stereocenters. The molecule has 4 heteroatoms. The van der Waals surface area contributed by atoms with Gasteiger partial charge in [0.25, 0.3) is 0 Å². The van der Waals surface area contributed by atoms with E-state index in [0.717, 1.165) is 34.2 Å². The normalized spacial score (nSPS) is 10.7. The van der Waals surface area contributed by atoms with E-state index in [1.165, 1.54) is 0 Å². The average Bonchev–Trinajstić information content (AvgIpc) is 2.31. The lowest BCUT2D eigenvalue weighted by Gasteiger charge is -2.16. The Bertz CT molecular complexity index is 478. The first-order valence-corrected chi connectivity index (χ1v) is 5.75. The van der Waals surface area contributed by atoms with Crippen LogP contribution in [0.25, 0.3) is 0 Å². The number of aryl methyl sites for hydroxylation is 1. The summed E-state index contributed by atoms with van der Waals surface area (Å²) in [5.74, 6) is -0.0326. The van der Waals surface area contributed by atoms with E-state index in [-0.39, 0.29) is 0 Å². The van der Waals surface area contributed by atoms with E-state index < -0.39 is 5.97 Å². The van der Waals surface area contributed by atoms with Crippen LogP contribution in [0.1, 0.15) is 16.7 Å². The van der Waals surface area contributed by atoms with Crippen LogP contribution in [0, 0.1) is 20.8 Å². The Labute approximate surface area is 107 Å². The molecule has 0 bridgehead atoms. The summed E-state index contributed by atoms with van der Waals surface area (Å²) >= 11 is 0. The molecular weight excluding hydrogens is 230 g/mol. The number of hydrogen-bond acceptors (Lipinski definition) is 3. The van der Waals surface area contributed by atoms with E-state index in [2.05, 4.69) is 5.32 Å². The number of carbonyl (C=O) groups is 1. The molecule has 0 spiro atoms. The van der Waals surface area contributed by atoms with Gasteiger partial charge in [0.15, 0.2) is 0 Å². The Morgan fingerprint density at radius 1 is 1.39 bits per heavy atom. The third-order valence-corrected chi connectivity index (χ3v) is 2.90. The van der Waals surface area contributed by atoms with Crippen molar-refractivity contribution in [3.05, 3.63) is 34.9 Å². The SMILES string of the molecule is COc1c(C)cc(NC/C=C/C(=O)O)c(C)c1C. The number of rotatable bonds is 5. The predicted octanol–water partition coefficient (Wildman–Crippen LogP) is 2.67. The van der Waals surface area contributed by atoms with Crippen molar-refractivity contribution in [3.63, 3.8) is 0 Å². The summed E-state index contributed by atoms with van der Waals surface area (Å²) in [5, 5.41) is 11.7. The first kappa shape index (κ1) is 14.1. The molecule has 0 aromatic heterocycles. The number of methoxy groups -OCH3 is 1. The maximum Gasteiger partial charge on any atom is 0.328 e. The average molecular weight is 249 g/mol. The van der Waals surface area contributed by atoms with Gasteiger partial charge < -0.3 is 15.2 Å². The van der Waals surface area contributed by atoms with Crippen molar-refractivity contribution >= 4 is 11.7 Å². The molecule has 18 heavy (non-hydrogen) atoms. The fourth-order valence-electron chi connectivity index (χ4n) is 1.88. The fraction of sp³-hybridized carbons (Fsp3) is 0.357. The number of carboxylic acid groups (broad SMARTS) is 1. The van der Waals surface area contributed by atoms with Gasteiger partial charge in [-0.3, -0.25) is 0 Å². The molecule has 0 radical (unpaired) electrons. The first-order valence-electron chi connectivity index (χ1n) is 5.75. The topological polar surface area (TPSA) is 58.6 Å². The third-order valence-electron chi connectivity index (χ3n) is 2.90. The Balaban J connectivity index is 2.88. The number of aliphatic carboxylic acids is 1. The maximum absolute atomic E-state index is 10.3. The van der Waals surface area contributed by atoms with Gasteiger partial charge in [0, 0.05) is 18.3 Å². The van der Waals surface area contributed by atoms with Crippen molar-refractivity contribution in [2.45, 2.75) is 20.8 Å². The van der Waals surface area contributed by atoms with Crippen molar-refractivity contribution in [1.29, 1.82) is 0 Å². The number of benzene rings is 1. The van der Waals surface area contributed by atoms with Crippen molar-refractivity contribution in [2.75, 3.05) is 19.0 Å². The molecule has 4 nitrogen and oxygen atoms in total. The molecule has 0 aliphatic rings. The van der Waals surface area contributed by atoms with E-state index in [0.29, 0.717) is 6.54 Å². The zero-order chi connectivity index (χ0) is 13.7. The molecule has 0 fully saturated rings. The lowest BCUT2D eigenvalue weighted by Crippen LogP contribution is -2.04. The van der Waals surface area contributed by atoms with Gasteiger partial charge in [-0.1, -0.05) is 6.08 Å². The minimum Gasteiger partial charge on any atom is -0.496 e. The molecule has 1 aromatic carbocycles. The second kappa shape index (κ2) is 6.10. The molecule has 0 aliphatic carbocycles. The predicted molar refractivity (Wildman–Crippen MR) is 72.5 cm³/mol. The maximum atomic E-state index is 10.3. The quantitative estimate of drug-likeness (QED) is 0.788. The highest BCUT2D eigenvalue weighted by molar-refractivity contribution is 5.79. The molecule has 2 N–H and O–H groups in total. The summed E-state index contributed by atoms with van der Waals surface area (Å²) in [6, 6.07) is 2.01. The molecule has 1 rings (SSSR count). The molecule has 1 aromatic rings. The van der Waals surface area contributed by atoms with E-state index in [9.17, 15) is 4.79 Å². The molecule has 0 aliphatic heterocycles. The van der Waals surface area contributed by atoms with E-state index in [4.69, 9.17) is 9.84 Å². The highest BCUT2D eigenvalue weighted by Gasteiger charge is 2.09. The zero-order valence-electron chi connectivity index (χ0n) is 11.2. The Morgan fingerprint density at radius 3 is 2.61 bits per heavy atom. The molecule has 0 heterocycles. The van der Waals surface area contributed by atoms with E-state index >= 15 is 0 Å². The Hall–Kier alpha value is -1.97. The number of anilines is 1. The van der Waals surface area contributed by atoms with Gasteiger partial charge in [-0.15, -0.1) is 0 Å². The van der Waals surface area contributed by atoms with Gasteiger partial charge in [-0.2, -0.15) is 0 Å². The Kier molecular flexibility index (Phi) is 4.77. The standard InChI is InChI=1S/C14H19NO3/c1-9-8-12(15-7-5-6-13(16)17)10(2)11(3)14(9)18-4/h5-6,8,15H,7H2,1-4H3,(H,16,17)/b6-5+. The van der Waals surface area contributed by atoms with Crippen LogP contribution in [0.15, 0.2) is 18.2 Å².